The fourth-order valence-electron chi connectivity index (χ4n) is 2.76. The molecule has 6 heteroatoms. The fourth-order valence-corrected chi connectivity index (χ4v) is 3.27. The van der Waals surface area contributed by atoms with Crippen LogP contribution in [0.4, 0.5) is 5.82 Å². The third-order valence-electron chi connectivity index (χ3n) is 3.85. The number of aromatic nitrogens is 2. The molecule has 3 saturated heterocycles. The molecule has 98 valence electrons. The number of halogens is 1. The number of nitrogens with one attached hydrogen (secondary N) is 1. The highest BCUT2D eigenvalue weighted by atomic mass is 127. The van der Waals surface area contributed by atoms with Crippen LogP contribution in [0.15, 0.2) is 0 Å². The maximum Gasteiger partial charge on any atom is 0.149 e. The van der Waals surface area contributed by atoms with Crippen LogP contribution in [-0.2, 0) is 0 Å². The summed E-state index contributed by atoms with van der Waals surface area (Å²) < 4.78 is 1.12. The summed E-state index contributed by atoms with van der Waals surface area (Å²) in [4.78, 5) is 14.4. The fraction of sp³-hybridized carbons (Fsp3) is 0.667. The van der Waals surface area contributed by atoms with Gasteiger partial charge in [-0.05, 0) is 29.5 Å². The number of aryl methyl sites for hydroxylation is 1. The van der Waals surface area contributed by atoms with Crippen molar-refractivity contribution in [3.8, 4) is 0 Å². The van der Waals surface area contributed by atoms with Crippen LogP contribution in [-0.4, -0.2) is 59.5 Å². The number of piperazine rings is 3. The number of nitrogens with zero attached hydrogens (tertiary/aromatic N) is 4. The zero-order chi connectivity index (χ0) is 12.7. The Hall–Kier alpha value is -0.470. The first kappa shape index (κ1) is 12.6. The molecule has 3 aliphatic rings. The van der Waals surface area contributed by atoms with Gasteiger partial charge in [-0.3, -0.25) is 9.80 Å². The SMILES string of the molecule is CNc1nc(C2CN3CCN2CC3)nc(C)c1I. The molecule has 0 aromatic carbocycles. The van der Waals surface area contributed by atoms with Gasteiger partial charge < -0.3 is 5.32 Å². The van der Waals surface area contributed by atoms with Crippen LogP contribution in [0.25, 0.3) is 0 Å². The monoisotopic (exact) mass is 359 g/mol. The average Bonchev–Trinajstić information content (AvgIpc) is 2.43. The minimum absolute atomic E-state index is 0.371. The topological polar surface area (TPSA) is 44.3 Å². The van der Waals surface area contributed by atoms with Gasteiger partial charge in [-0.1, -0.05) is 0 Å². The minimum atomic E-state index is 0.371. The van der Waals surface area contributed by atoms with E-state index in [4.69, 9.17) is 9.97 Å². The van der Waals surface area contributed by atoms with Gasteiger partial charge in [0.05, 0.1) is 15.3 Å². The van der Waals surface area contributed by atoms with Gasteiger partial charge in [0.25, 0.3) is 0 Å². The van der Waals surface area contributed by atoms with Crippen LogP contribution in [0.5, 0.6) is 0 Å². The van der Waals surface area contributed by atoms with E-state index in [1.54, 1.807) is 0 Å². The van der Waals surface area contributed by atoms with Gasteiger partial charge in [-0.2, -0.15) is 0 Å². The first-order chi connectivity index (χ1) is 8.69. The Balaban J connectivity index is 1.94. The third kappa shape index (κ3) is 2.10. The molecule has 2 bridgehead atoms. The molecule has 1 unspecified atom stereocenters. The predicted octanol–water partition coefficient (Wildman–Crippen LogP) is 1.10. The zero-order valence-electron chi connectivity index (χ0n) is 10.8. The van der Waals surface area contributed by atoms with E-state index >= 15 is 0 Å². The summed E-state index contributed by atoms with van der Waals surface area (Å²) in [6.45, 7) is 7.81. The van der Waals surface area contributed by atoms with E-state index in [1.165, 1.54) is 13.1 Å². The molecule has 0 radical (unpaired) electrons. The normalized spacial score (nSPS) is 30.5. The van der Waals surface area contributed by atoms with Gasteiger partial charge in [0.1, 0.15) is 11.6 Å². The Kier molecular flexibility index (Phi) is 3.42. The standard InChI is InChI=1S/C12H18IN5/c1-8-10(13)12(14-2)16-11(15-8)9-7-17-3-5-18(9)6-4-17/h9H,3-7H2,1-2H3,(H,14,15,16). The molecule has 4 rings (SSSR count). The van der Waals surface area contributed by atoms with Crippen LogP contribution >= 0.6 is 22.6 Å². The molecule has 5 nitrogen and oxygen atoms in total. The summed E-state index contributed by atoms with van der Waals surface area (Å²) in [5, 5.41) is 3.17. The van der Waals surface area contributed by atoms with Crippen LogP contribution in [0.3, 0.4) is 0 Å². The van der Waals surface area contributed by atoms with E-state index in [0.29, 0.717) is 6.04 Å². The van der Waals surface area contributed by atoms with Crippen molar-refractivity contribution in [3.05, 3.63) is 15.1 Å². The van der Waals surface area contributed by atoms with Crippen molar-refractivity contribution in [2.75, 3.05) is 45.1 Å². The van der Waals surface area contributed by atoms with Crippen molar-refractivity contribution >= 4 is 28.4 Å². The molecule has 1 aromatic heterocycles. The Labute approximate surface area is 121 Å². The number of fused-ring (bicyclic) bond motifs is 3. The van der Waals surface area contributed by atoms with Gasteiger partial charge in [-0.25, -0.2) is 9.97 Å². The summed E-state index contributed by atoms with van der Waals surface area (Å²) in [5.74, 6) is 1.93. The number of hydrogen-bond acceptors (Lipinski definition) is 5. The van der Waals surface area contributed by atoms with Crippen LogP contribution in [0.2, 0.25) is 0 Å². The molecule has 0 aliphatic carbocycles. The highest BCUT2D eigenvalue weighted by molar-refractivity contribution is 14.1. The highest BCUT2D eigenvalue weighted by Crippen LogP contribution is 2.29. The van der Waals surface area contributed by atoms with E-state index in [9.17, 15) is 0 Å². The van der Waals surface area contributed by atoms with Gasteiger partial charge >= 0.3 is 0 Å². The van der Waals surface area contributed by atoms with Crippen molar-refractivity contribution in [2.45, 2.75) is 13.0 Å². The first-order valence-corrected chi connectivity index (χ1v) is 7.45. The maximum absolute atomic E-state index is 4.70. The summed E-state index contributed by atoms with van der Waals surface area (Å²) in [7, 11) is 1.92. The quantitative estimate of drug-likeness (QED) is 0.802. The molecule has 0 amide bonds. The van der Waals surface area contributed by atoms with Crippen LogP contribution in [0.1, 0.15) is 17.6 Å². The second-order valence-electron chi connectivity index (χ2n) is 4.93. The molecule has 1 N–H and O–H groups in total. The van der Waals surface area contributed by atoms with Gasteiger partial charge in [0.2, 0.25) is 0 Å². The largest absolute Gasteiger partial charge is 0.372 e. The van der Waals surface area contributed by atoms with Crippen LogP contribution < -0.4 is 5.32 Å². The lowest BCUT2D eigenvalue weighted by Crippen LogP contribution is -2.57. The van der Waals surface area contributed by atoms with E-state index in [0.717, 1.165) is 40.5 Å². The smallest absolute Gasteiger partial charge is 0.149 e. The lowest BCUT2D eigenvalue weighted by atomic mass is 10.1. The second-order valence-corrected chi connectivity index (χ2v) is 6.01. The van der Waals surface area contributed by atoms with Gasteiger partial charge in [0.15, 0.2) is 0 Å². The number of rotatable bonds is 2. The zero-order valence-corrected chi connectivity index (χ0v) is 12.9. The number of hydrogen-bond donors (Lipinski definition) is 1. The molecule has 4 heterocycles. The molecular weight excluding hydrogens is 341 g/mol. The average molecular weight is 359 g/mol. The van der Waals surface area contributed by atoms with Gasteiger partial charge in [0, 0.05) is 39.8 Å². The van der Waals surface area contributed by atoms with E-state index < -0.39 is 0 Å². The Morgan fingerprint density at radius 1 is 1.22 bits per heavy atom. The van der Waals surface area contributed by atoms with Crippen LogP contribution in [0, 0.1) is 10.5 Å². The molecule has 1 aromatic rings. The van der Waals surface area contributed by atoms with Crippen molar-refractivity contribution in [1.82, 2.24) is 19.8 Å². The molecular formula is C12H18IN5. The Bertz CT molecular complexity index is 456. The lowest BCUT2D eigenvalue weighted by molar-refractivity contribution is 0.00863. The Morgan fingerprint density at radius 2 is 1.94 bits per heavy atom. The summed E-state index contributed by atoms with van der Waals surface area (Å²) in [6.07, 6.45) is 0. The molecule has 18 heavy (non-hydrogen) atoms. The summed E-state index contributed by atoms with van der Waals surface area (Å²) in [6, 6.07) is 0.371. The third-order valence-corrected chi connectivity index (χ3v) is 5.14. The van der Waals surface area contributed by atoms with Crippen molar-refractivity contribution in [1.29, 1.82) is 0 Å². The molecule has 0 saturated carbocycles. The molecule has 3 aliphatic heterocycles. The summed E-state index contributed by atoms with van der Waals surface area (Å²) >= 11 is 2.30. The van der Waals surface area contributed by atoms with Gasteiger partial charge in [-0.15, -0.1) is 0 Å². The van der Waals surface area contributed by atoms with Crippen molar-refractivity contribution in [2.24, 2.45) is 0 Å². The minimum Gasteiger partial charge on any atom is -0.372 e. The second kappa shape index (κ2) is 4.90. The highest BCUT2D eigenvalue weighted by Gasteiger charge is 2.34. The molecule has 0 spiro atoms. The van der Waals surface area contributed by atoms with E-state index in [1.807, 2.05) is 7.05 Å². The van der Waals surface area contributed by atoms with E-state index in [-0.39, 0.29) is 0 Å². The lowest BCUT2D eigenvalue weighted by Gasteiger charge is -2.46. The van der Waals surface area contributed by atoms with Crippen molar-refractivity contribution in [3.63, 3.8) is 0 Å². The molecule has 1 atom stereocenters. The summed E-state index contributed by atoms with van der Waals surface area (Å²) in [5.41, 5.74) is 1.07. The van der Waals surface area contributed by atoms with Crippen molar-refractivity contribution < 1.29 is 0 Å². The van der Waals surface area contributed by atoms with E-state index in [2.05, 4.69) is 44.6 Å². The predicted molar refractivity (Wildman–Crippen MR) is 79.8 cm³/mol. The number of anilines is 1. The maximum atomic E-state index is 4.70. The first-order valence-electron chi connectivity index (χ1n) is 6.37. The molecule has 3 fully saturated rings. The Morgan fingerprint density at radius 3 is 2.50 bits per heavy atom.